The maximum Gasteiger partial charge on any atom is 0.321 e. The highest BCUT2D eigenvalue weighted by atomic mass is 16.2. The van der Waals surface area contributed by atoms with Crippen LogP contribution in [0.5, 0.6) is 0 Å². The molecule has 116 valence electrons. The Morgan fingerprint density at radius 1 is 1.14 bits per heavy atom. The van der Waals surface area contributed by atoms with Crippen LogP contribution in [-0.4, -0.2) is 48.1 Å². The predicted molar refractivity (Wildman–Crippen MR) is 87.7 cm³/mol. The van der Waals surface area contributed by atoms with Gasteiger partial charge in [-0.15, -0.1) is 0 Å². The normalized spacial score (nSPS) is 17.6. The quantitative estimate of drug-likeness (QED) is 0.924. The highest BCUT2D eigenvalue weighted by molar-refractivity contribution is 5.89. The second-order valence-corrected chi connectivity index (χ2v) is 5.76. The Bertz CT molecular complexity index is 450. The van der Waals surface area contributed by atoms with Crippen LogP contribution in [-0.2, 0) is 6.42 Å². The molecule has 0 bridgehead atoms. The van der Waals surface area contributed by atoms with Gasteiger partial charge in [-0.1, -0.05) is 26.0 Å². The largest absolute Gasteiger partial charge is 0.322 e. The van der Waals surface area contributed by atoms with E-state index >= 15 is 0 Å². The summed E-state index contributed by atoms with van der Waals surface area (Å²) < 4.78 is 0. The zero-order valence-electron chi connectivity index (χ0n) is 13.4. The number of hydrogen-bond acceptors (Lipinski definition) is 2. The lowest BCUT2D eigenvalue weighted by atomic mass is 10.1. The number of amides is 2. The molecule has 2 rings (SSSR count). The third kappa shape index (κ3) is 4.21. The van der Waals surface area contributed by atoms with Crippen molar-refractivity contribution in [1.82, 2.24) is 9.80 Å². The number of nitrogens with one attached hydrogen (secondary N) is 1. The van der Waals surface area contributed by atoms with Gasteiger partial charge < -0.3 is 10.2 Å². The van der Waals surface area contributed by atoms with Gasteiger partial charge in [-0.3, -0.25) is 4.90 Å². The Labute approximate surface area is 128 Å². The number of carbonyl (C=O) groups excluding carboxylic acids is 1. The molecule has 1 N–H and O–H groups in total. The van der Waals surface area contributed by atoms with E-state index in [9.17, 15) is 4.79 Å². The van der Waals surface area contributed by atoms with Crippen molar-refractivity contribution < 1.29 is 4.79 Å². The maximum absolute atomic E-state index is 12.3. The van der Waals surface area contributed by atoms with Gasteiger partial charge >= 0.3 is 6.03 Å². The Morgan fingerprint density at radius 2 is 1.76 bits per heavy atom. The fourth-order valence-corrected chi connectivity index (χ4v) is 2.65. The molecule has 1 heterocycles. The van der Waals surface area contributed by atoms with E-state index in [1.807, 2.05) is 17.0 Å². The summed E-state index contributed by atoms with van der Waals surface area (Å²) in [7, 11) is 0. The third-order valence-corrected chi connectivity index (χ3v) is 4.43. The lowest BCUT2D eigenvalue weighted by molar-refractivity contribution is 0.117. The molecule has 1 aliphatic heterocycles. The molecule has 1 unspecified atom stereocenters. The molecule has 1 aliphatic rings. The summed E-state index contributed by atoms with van der Waals surface area (Å²) in [6.45, 7) is 10.2. The number of urea groups is 1. The Kier molecular flexibility index (Phi) is 5.62. The second kappa shape index (κ2) is 7.46. The molecule has 4 heteroatoms. The van der Waals surface area contributed by atoms with E-state index in [4.69, 9.17) is 0 Å². The molecule has 1 saturated heterocycles. The van der Waals surface area contributed by atoms with Gasteiger partial charge in [0.15, 0.2) is 0 Å². The van der Waals surface area contributed by atoms with Crippen LogP contribution in [0.15, 0.2) is 24.3 Å². The molecule has 1 atom stereocenters. The van der Waals surface area contributed by atoms with E-state index in [0.717, 1.165) is 44.7 Å². The minimum Gasteiger partial charge on any atom is -0.322 e. The average Bonchev–Trinajstić information content (AvgIpc) is 2.55. The van der Waals surface area contributed by atoms with Crippen LogP contribution >= 0.6 is 0 Å². The Balaban J connectivity index is 1.84. The van der Waals surface area contributed by atoms with Crippen LogP contribution in [0, 0.1) is 0 Å². The first-order valence-corrected chi connectivity index (χ1v) is 8.03. The smallest absolute Gasteiger partial charge is 0.321 e. The summed E-state index contributed by atoms with van der Waals surface area (Å²) in [6, 6.07) is 8.71. The number of carbonyl (C=O) groups is 1. The topological polar surface area (TPSA) is 35.6 Å². The van der Waals surface area contributed by atoms with Crippen molar-refractivity contribution in [3.05, 3.63) is 29.8 Å². The number of anilines is 1. The fraction of sp³-hybridized carbons (Fsp3) is 0.588. The SMILES string of the molecule is CCc1ccc(NC(=O)N2CCN(C(C)CC)CC2)cc1. The van der Waals surface area contributed by atoms with Crippen molar-refractivity contribution >= 4 is 11.7 Å². The third-order valence-electron chi connectivity index (χ3n) is 4.43. The Hall–Kier alpha value is -1.55. The summed E-state index contributed by atoms with van der Waals surface area (Å²) >= 11 is 0. The first-order chi connectivity index (χ1) is 10.1. The molecule has 2 amide bonds. The van der Waals surface area contributed by atoms with Gasteiger partial charge in [0.1, 0.15) is 0 Å². The summed E-state index contributed by atoms with van der Waals surface area (Å²) in [4.78, 5) is 16.6. The zero-order valence-corrected chi connectivity index (χ0v) is 13.4. The molecular weight excluding hydrogens is 262 g/mol. The molecule has 0 spiro atoms. The van der Waals surface area contributed by atoms with Crippen LogP contribution < -0.4 is 5.32 Å². The van der Waals surface area contributed by atoms with Crippen molar-refractivity contribution in [1.29, 1.82) is 0 Å². The standard InChI is InChI=1S/C17H27N3O/c1-4-14(3)19-10-12-20(13-11-19)17(21)18-16-8-6-15(5-2)7-9-16/h6-9,14H,4-5,10-13H2,1-3H3,(H,18,21). The molecule has 21 heavy (non-hydrogen) atoms. The van der Waals surface area contributed by atoms with Crippen molar-refractivity contribution in [3.8, 4) is 0 Å². The minimum atomic E-state index is 0.0167. The van der Waals surface area contributed by atoms with Crippen LogP contribution in [0.3, 0.4) is 0 Å². The van der Waals surface area contributed by atoms with Crippen LogP contribution in [0.25, 0.3) is 0 Å². The molecule has 0 aliphatic carbocycles. The van der Waals surface area contributed by atoms with Crippen molar-refractivity contribution in [3.63, 3.8) is 0 Å². The fourth-order valence-electron chi connectivity index (χ4n) is 2.65. The lowest BCUT2D eigenvalue weighted by Gasteiger charge is -2.37. The molecule has 0 saturated carbocycles. The maximum atomic E-state index is 12.3. The van der Waals surface area contributed by atoms with Gasteiger partial charge in [-0.2, -0.15) is 0 Å². The number of piperazine rings is 1. The van der Waals surface area contributed by atoms with Gasteiger partial charge in [0.25, 0.3) is 0 Å². The van der Waals surface area contributed by atoms with Gasteiger partial charge in [0.05, 0.1) is 0 Å². The Morgan fingerprint density at radius 3 is 2.29 bits per heavy atom. The molecule has 0 radical (unpaired) electrons. The van der Waals surface area contributed by atoms with Gasteiger partial charge in [0, 0.05) is 37.9 Å². The minimum absolute atomic E-state index is 0.0167. The number of benzene rings is 1. The number of rotatable bonds is 4. The number of hydrogen-bond donors (Lipinski definition) is 1. The van der Waals surface area contributed by atoms with E-state index in [1.165, 1.54) is 5.56 Å². The second-order valence-electron chi connectivity index (χ2n) is 5.76. The molecular formula is C17H27N3O. The average molecular weight is 289 g/mol. The monoisotopic (exact) mass is 289 g/mol. The summed E-state index contributed by atoms with van der Waals surface area (Å²) in [6.07, 6.45) is 2.18. The summed E-state index contributed by atoms with van der Waals surface area (Å²) in [5.74, 6) is 0. The van der Waals surface area contributed by atoms with Gasteiger partial charge in [-0.25, -0.2) is 4.79 Å². The molecule has 1 aromatic rings. The molecule has 1 aromatic carbocycles. The van der Waals surface area contributed by atoms with Crippen molar-refractivity contribution in [2.45, 2.75) is 39.7 Å². The van der Waals surface area contributed by atoms with E-state index in [2.05, 4.69) is 43.1 Å². The van der Waals surface area contributed by atoms with E-state index in [0.29, 0.717) is 6.04 Å². The van der Waals surface area contributed by atoms with Crippen LogP contribution in [0.2, 0.25) is 0 Å². The lowest BCUT2D eigenvalue weighted by Crippen LogP contribution is -2.52. The van der Waals surface area contributed by atoms with Crippen LogP contribution in [0.4, 0.5) is 10.5 Å². The predicted octanol–water partition coefficient (Wildman–Crippen LogP) is 3.20. The number of nitrogens with zero attached hydrogens (tertiary/aromatic N) is 2. The highest BCUT2D eigenvalue weighted by Crippen LogP contribution is 2.13. The van der Waals surface area contributed by atoms with Crippen molar-refractivity contribution in [2.24, 2.45) is 0 Å². The van der Waals surface area contributed by atoms with Crippen molar-refractivity contribution in [2.75, 3.05) is 31.5 Å². The van der Waals surface area contributed by atoms with E-state index < -0.39 is 0 Å². The summed E-state index contributed by atoms with van der Waals surface area (Å²) in [5.41, 5.74) is 2.16. The first kappa shape index (κ1) is 15.8. The molecule has 0 aromatic heterocycles. The van der Waals surface area contributed by atoms with E-state index in [1.54, 1.807) is 0 Å². The highest BCUT2D eigenvalue weighted by Gasteiger charge is 2.23. The first-order valence-electron chi connectivity index (χ1n) is 8.03. The molecule has 1 fully saturated rings. The molecule has 4 nitrogen and oxygen atoms in total. The van der Waals surface area contributed by atoms with E-state index in [-0.39, 0.29) is 6.03 Å². The van der Waals surface area contributed by atoms with Gasteiger partial charge in [-0.05, 0) is 37.5 Å². The zero-order chi connectivity index (χ0) is 15.2. The summed E-state index contributed by atoms with van der Waals surface area (Å²) in [5, 5.41) is 2.99. The number of aryl methyl sites for hydroxylation is 1. The van der Waals surface area contributed by atoms with Crippen LogP contribution in [0.1, 0.15) is 32.8 Å². The van der Waals surface area contributed by atoms with Gasteiger partial charge in [0.2, 0.25) is 0 Å².